The largest absolute Gasteiger partial charge is 0.346 e. The topological polar surface area (TPSA) is 95.2 Å². The Morgan fingerprint density at radius 3 is 2.42 bits per heavy atom. The third-order valence-electron chi connectivity index (χ3n) is 6.17. The van der Waals surface area contributed by atoms with E-state index in [1.807, 2.05) is 54.6 Å². The van der Waals surface area contributed by atoms with E-state index in [0.717, 1.165) is 28.8 Å². The molecule has 33 heavy (non-hydrogen) atoms. The maximum atomic E-state index is 13.1. The zero-order valence-corrected chi connectivity index (χ0v) is 20.0. The molecule has 1 saturated heterocycles. The highest BCUT2D eigenvalue weighted by atomic mass is 32.2. The summed E-state index contributed by atoms with van der Waals surface area (Å²) in [6, 6.07) is 16.8. The summed E-state index contributed by atoms with van der Waals surface area (Å²) in [7, 11) is -3.40. The van der Waals surface area contributed by atoms with Crippen LogP contribution in [0.4, 0.5) is 0 Å². The molecule has 2 heterocycles. The lowest BCUT2D eigenvalue weighted by Gasteiger charge is -2.31. The first-order chi connectivity index (χ1) is 15.8. The monoisotopic (exact) mass is 468 g/mol. The first kappa shape index (κ1) is 23.4. The zero-order chi connectivity index (χ0) is 23.4. The minimum absolute atomic E-state index is 0.00673. The molecule has 1 atom stereocenters. The number of hydrogen-bond acceptors (Lipinski definition) is 4. The van der Waals surface area contributed by atoms with Crippen molar-refractivity contribution in [2.75, 3.05) is 13.1 Å². The van der Waals surface area contributed by atoms with Gasteiger partial charge in [-0.3, -0.25) is 4.79 Å². The van der Waals surface area contributed by atoms with E-state index >= 15 is 0 Å². The van der Waals surface area contributed by atoms with Crippen LogP contribution >= 0.6 is 0 Å². The molecular weight excluding hydrogens is 436 g/mol. The molecule has 1 fully saturated rings. The van der Waals surface area contributed by atoms with Crippen molar-refractivity contribution in [1.29, 1.82) is 0 Å². The normalized spacial score (nSPS) is 16.8. The Labute approximate surface area is 195 Å². The number of piperidine rings is 1. The molecule has 3 aromatic rings. The number of carbonyl (C=O) groups excluding carboxylic acids is 1. The summed E-state index contributed by atoms with van der Waals surface area (Å²) < 4.78 is 27.2. The molecule has 0 radical (unpaired) electrons. The van der Waals surface area contributed by atoms with Crippen LogP contribution in [-0.2, 0) is 20.6 Å². The Kier molecular flexibility index (Phi) is 7.14. The van der Waals surface area contributed by atoms with Crippen LogP contribution in [-0.4, -0.2) is 41.7 Å². The summed E-state index contributed by atoms with van der Waals surface area (Å²) in [5, 5.41) is 3.19. The van der Waals surface area contributed by atoms with Crippen LogP contribution in [0.15, 0.2) is 54.6 Å². The number of para-hydroxylation sites is 2. The number of sulfonamides is 1. The van der Waals surface area contributed by atoms with Crippen LogP contribution in [0.3, 0.4) is 0 Å². The predicted molar refractivity (Wildman–Crippen MR) is 130 cm³/mol. The van der Waals surface area contributed by atoms with Crippen LogP contribution in [0.1, 0.15) is 50.5 Å². The maximum absolute atomic E-state index is 13.1. The fourth-order valence-electron chi connectivity index (χ4n) is 4.41. The summed E-state index contributed by atoms with van der Waals surface area (Å²) in [4.78, 5) is 21.1. The second-order valence-corrected chi connectivity index (χ2v) is 11.2. The number of nitrogens with one attached hydrogen (secondary N) is 2. The summed E-state index contributed by atoms with van der Waals surface area (Å²) >= 11 is 0. The Hall–Kier alpha value is -2.71. The minimum Gasteiger partial charge on any atom is -0.346 e. The minimum atomic E-state index is -3.40. The third-order valence-corrected chi connectivity index (χ3v) is 8.02. The number of hydrogen-bond donors (Lipinski definition) is 2. The van der Waals surface area contributed by atoms with Gasteiger partial charge >= 0.3 is 0 Å². The number of H-pyrrole nitrogens is 1. The highest BCUT2D eigenvalue weighted by Gasteiger charge is 2.32. The van der Waals surface area contributed by atoms with E-state index < -0.39 is 10.0 Å². The number of fused-ring (bicyclic) bond motifs is 1. The van der Waals surface area contributed by atoms with Crippen molar-refractivity contribution in [3.05, 3.63) is 66.0 Å². The first-order valence-electron chi connectivity index (χ1n) is 11.6. The molecular formula is C25H32N4O3S. The standard InChI is InChI=1S/C25H32N4O3S/c1-18(2)16-23(24-26-21-10-6-7-11-22(21)27-24)28-25(30)20-12-14-29(15-13-20)33(31,32)17-19-8-4-3-5-9-19/h3-11,18,20,23H,12-17H2,1-2H3,(H,26,27)(H,28,30). The predicted octanol–water partition coefficient (Wildman–Crippen LogP) is 4.01. The van der Waals surface area contributed by atoms with Crippen molar-refractivity contribution in [2.45, 2.75) is 44.9 Å². The molecule has 176 valence electrons. The van der Waals surface area contributed by atoms with Crippen LogP contribution in [0.2, 0.25) is 0 Å². The molecule has 1 aliphatic heterocycles. The van der Waals surface area contributed by atoms with Gasteiger partial charge in [0.15, 0.2) is 0 Å². The van der Waals surface area contributed by atoms with E-state index in [-0.39, 0.29) is 23.6 Å². The van der Waals surface area contributed by atoms with Crippen LogP contribution < -0.4 is 5.32 Å². The Balaban J connectivity index is 1.38. The van der Waals surface area contributed by atoms with E-state index in [1.54, 1.807) is 0 Å². The zero-order valence-electron chi connectivity index (χ0n) is 19.2. The quantitative estimate of drug-likeness (QED) is 0.522. The molecule has 1 aliphatic rings. The molecule has 7 nitrogen and oxygen atoms in total. The Morgan fingerprint density at radius 1 is 1.09 bits per heavy atom. The van der Waals surface area contributed by atoms with Gasteiger partial charge in [-0.2, -0.15) is 0 Å². The van der Waals surface area contributed by atoms with E-state index in [9.17, 15) is 13.2 Å². The van der Waals surface area contributed by atoms with Gasteiger partial charge in [0.25, 0.3) is 0 Å². The molecule has 0 aliphatic carbocycles. The number of amides is 1. The molecule has 2 N–H and O–H groups in total. The SMILES string of the molecule is CC(C)CC(NC(=O)C1CCN(S(=O)(=O)Cc2ccccc2)CC1)c1nc2ccccc2[nH]1. The second kappa shape index (κ2) is 10.1. The lowest BCUT2D eigenvalue weighted by Crippen LogP contribution is -2.44. The van der Waals surface area contributed by atoms with Gasteiger partial charge in [-0.05, 0) is 42.9 Å². The highest BCUT2D eigenvalue weighted by Crippen LogP contribution is 2.26. The maximum Gasteiger partial charge on any atom is 0.223 e. The summed E-state index contributed by atoms with van der Waals surface area (Å²) in [6.07, 6.45) is 1.82. The average Bonchev–Trinajstić information content (AvgIpc) is 3.23. The number of benzene rings is 2. The van der Waals surface area contributed by atoms with Crippen molar-refractivity contribution in [3.63, 3.8) is 0 Å². The van der Waals surface area contributed by atoms with Gasteiger partial charge in [0.05, 0.1) is 22.8 Å². The van der Waals surface area contributed by atoms with Gasteiger partial charge in [0, 0.05) is 19.0 Å². The second-order valence-electron chi connectivity index (χ2n) is 9.25. The van der Waals surface area contributed by atoms with Gasteiger partial charge in [0.1, 0.15) is 5.82 Å². The van der Waals surface area contributed by atoms with E-state index in [4.69, 9.17) is 4.98 Å². The highest BCUT2D eigenvalue weighted by molar-refractivity contribution is 7.88. The number of aromatic nitrogens is 2. The number of rotatable bonds is 8. The number of carbonyl (C=O) groups is 1. The lowest BCUT2D eigenvalue weighted by molar-refractivity contribution is -0.127. The first-order valence-corrected chi connectivity index (χ1v) is 13.2. The summed E-state index contributed by atoms with van der Waals surface area (Å²) in [5.41, 5.74) is 2.61. The van der Waals surface area contributed by atoms with Gasteiger partial charge in [-0.25, -0.2) is 17.7 Å². The molecule has 1 amide bonds. The molecule has 0 saturated carbocycles. The van der Waals surface area contributed by atoms with Gasteiger partial charge in [0.2, 0.25) is 15.9 Å². The fourth-order valence-corrected chi connectivity index (χ4v) is 5.97. The Bertz CT molecular complexity index is 1150. The Morgan fingerprint density at radius 2 is 1.76 bits per heavy atom. The van der Waals surface area contributed by atoms with Crippen LogP contribution in [0.25, 0.3) is 11.0 Å². The number of nitrogens with zero attached hydrogens (tertiary/aromatic N) is 2. The lowest BCUT2D eigenvalue weighted by atomic mass is 9.95. The molecule has 2 aromatic carbocycles. The van der Waals surface area contributed by atoms with E-state index in [1.165, 1.54) is 4.31 Å². The van der Waals surface area contributed by atoms with Crippen molar-refractivity contribution in [1.82, 2.24) is 19.6 Å². The summed E-state index contributed by atoms with van der Waals surface area (Å²) in [6.45, 7) is 4.98. The van der Waals surface area contributed by atoms with Crippen molar-refractivity contribution < 1.29 is 13.2 Å². The average molecular weight is 469 g/mol. The molecule has 1 unspecified atom stereocenters. The smallest absolute Gasteiger partial charge is 0.223 e. The van der Waals surface area contributed by atoms with Crippen LogP contribution in [0, 0.1) is 11.8 Å². The van der Waals surface area contributed by atoms with Gasteiger partial charge in [-0.1, -0.05) is 56.3 Å². The van der Waals surface area contributed by atoms with Crippen LogP contribution in [0.5, 0.6) is 0 Å². The van der Waals surface area contributed by atoms with Crippen molar-refractivity contribution in [3.8, 4) is 0 Å². The van der Waals surface area contributed by atoms with Crippen molar-refractivity contribution >= 4 is 27.0 Å². The third kappa shape index (κ3) is 5.81. The number of imidazole rings is 1. The molecule has 1 aromatic heterocycles. The molecule has 0 spiro atoms. The summed E-state index contributed by atoms with van der Waals surface area (Å²) in [5.74, 6) is 0.913. The number of aromatic amines is 1. The van der Waals surface area contributed by atoms with E-state index in [0.29, 0.717) is 31.8 Å². The molecule has 4 rings (SSSR count). The molecule has 0 bridgehead atoms. The van der Waals surface area contributed by atoms with Crippen molar-refractivity contribution in [2.24, 2.45) is 11.8 Å². The fraction of sp³-hybridized carbons (Fsp3) is 0.440. The van der Waals surface area contributed by atoms with Gasteiger partial charge in [-0.15, -0.1) is 0 Å². The van der Waals surface area contributed by atoms with Gasteiger partial charge < -0.3 is 10.3 Å². The molecule has 8 heteroatoms. The van der Waals surface area contributed by atoms with E-state index in [2.05, 4.69) is 24.1 Å².